The first-order valence-corrected chi connectivity index (χ1v) is 12.1. The van der Waals surface area contributed by atoms with Gasteiger partial charge >= 0.3 is 5.97 Å². The predicted molar refractivity (Wildman–Crippen MR) is 126 cm³/mol. The first-order chi connectivity index (χ1) is 16.1. The third-order valence-electron chi connectivity index (χ3n) is 5.54. The molecule has 1 aliphatic rings. The summed E-state index contributed by atoms with van der Waals surface area (Å²) in [6, 6.07) is 13.7. The number of benzene rings is 1. The minimum atomic E-state index is -0.250. The Bertz CT molecular complexity index is 1100. The Balaban J connectivity index is 1.52. The number of ether oxygens (including phenoxy) is 1. The van der Waals surface area contributed by atoms with Crippen LogP contribution in [0.5, 0.6) is 0 Å². The van der Waals surface area contributed by atoms with Crippen LogP contribution in [0.3, 0.4) is 0 Å². The number of likely N-dealkylation sites (tertiary alicyclic amines) is 1. The van der Waals surface area contributed by atoms with Crippen molar-refractivity contribution in [1.82, 2.24) is 24.6 Å². The smallest absolute Gasteiger partial charge is 0.310 e. The van der Waals surface area contributed by atoms with Gasteiger partial charge in [-0.15, -0.1) is 10.2 Å². The summed E-state index contributed by atoms with van der Waals surface area (Å²) in [7, 11) is 0. The van der Waals surface area contributed by atoms with E-state index in [9.17, 15) is 9.59 Å². The lowest BCUT2D eigenvalue weighted by Gasteiger charge is -2.31. The third-order valence-corrected chi connectivity index (χ3v) is 6.45. The molecule has 1 atom stereocenters. The number of piperidine rings is 1. The monoisotopic (exact) mass is 465 g/mol. The van der Waals surface area contributed by atoms with Gasteiger partial charge in [-0.3, -0.25) is 19.1 Å². The molecule has 0 saturated carbocycles. The molecule has 1 saturated heterocycles. The minimum Gasteiger partial charge on any atom is -0.466 e. The van der Waals surface area contributed by atoms with Crippen molar-refractivity contribution >= 4 is 23.6 Å². The van der Waals surface area contributed by atoms with Crippen LogP contribution in [0.15, 0.2) is 53.8 Å². The second-order valence-electron chi connectivity index (χ2n) is 7.91. The highest BCUT2D eigenvalue weighted by Crippen LogP contribution is 2.28. The molecule has 1 aliphatic heterocycles. The standard InChI is InChI=1S/C24H27N5O3S/c1-3-32-23(31)18-7-6-14-28(15-18)21(30)16-33-24-27-26-22(20-8-4-5-13-25-20)29(24)19-11-9-17(2)10-12-19/h4-5,8-13,18H,3,6-7,14-16H2,1-2H3/t18-/m1/s1. The first kappa shape index (κ1) is 23.0. The summed E-state index contributed by atoms with van der Waals surface area (Å²) in [5, 5.41) is 9.36. The Morgan fingerprint density at radius 2 is 1.97 bits per heavy atom. The molecule has 1 aromatic carbocycles. The van der Waals surface area contributed by atoms with Gasteiger partial charge < -0.3 is 9.64 Å². The summed E-state index contributed by atoms with van der Waals surface area (Å²) in [4.78, 5) is 31.2. The average Bonchev–Trinajstić information content (AvgIpc) is 3.28. The number of carbonyl (C=O) groups is 2. The number of thioether (sulfide) groups is 1. The molecule has 0 N–H and O–H groups in total. The number of hydrogen-bond acceptors (Lipinski definition) is 7. The largest absolute Gasteiger partial charge is 0.466 e. The highest BCUT2D eigenvalue weighted by atomic mass is 32.2. The van der Waals surface area contributed by atoms with Crippen molar-refractivity contribution in [3.63, 3.8) is 0 Å². The van der Waals surface area contributed by atoms with Crippen LogP contribution in [0.2, 0.25) is 0 Å². The Morgan fingerprint density at radius 1 is 1.15 bits per heavy atom. The lowest BCUT2D eigenvalue weighted by atomic mass is 9.98. The van der Waals surface area contributed by atoms with E-state index in [2.05, 4.69) is 15.2 Å². The number of pyridine rings is 1. The van der Waals surface area contributed by atoms with E-state index in [1.165, 1.54) is 11.8 Å². The maximum atomic E-state index is 12.9. The molecule has 0 bridgehead atoms. The Hall–Kier alpha value is -3.20. The molecule has 1 amide bonds. The lowest BCUT2D eigenvalue weighted by Crippen LogP contribution is -2.43. The molecular weight excluding hydrogens is 438 g/mol. The van der Waals surface area contributed by atoms with Gasteiger partial charge in [0.1, 0.15) is 5.69 Å². The predicted octanol–water partition coefficient (Wildman–Crippen LogP) is 3.53. The van der Waals surface area contributed by atoms with Crippen LogP contribution in [0, 0.1) is 12.8 Å². The van der Waals surface area contributed by atoms with Crippen LogP contribution in [-0.4, -0.2) is 62.0 Å². The van der Waals surface area contributed by atoms with Crippen molar-refractivity contribution in [1.29, 1.82) is 0 Å². The van der Waals surface area contributed by atoms with Crippen LogP contribution in [0.1, 0.15) is 25.3 Å². The van der Waals surface area contributed by atoms with Gasteiger partial charge in [0, 0.05) is 25.0 Å². The highest BCUT2D eigenvalue weighted by Gasteiger charge is 2.29. The number of rotatable bonds is 7. The molecule has 0 radical (unpaired) electrons. The SMILES string of the molecule is CCOC(=O)[C@@H]1CCCN(C(=O)CSc2nnc(-c3ccccn3)n2-c2ccc(C)cc2)C1. The van der Waals surface area contributed by atoms with E-state index < -0.39 is 0 Å². The summed E-state index contributed by atoms with van der Waals surface area (Å²) in [6.45, 7) is 5.24. The summed E-state index contributed by atoms with van der Waals surface area (Å²) in [6.07, 6.45) is 3.27. The summed E-state index contributed by atoms with van der Waals surface area (Å²) >= 11 is 1.34. The number of carbonyl (C=O) groups excluding carboxylic acids is 2. The normalized spacial score (nSPS) is 15.9. The number of esters is 1. The Morgan fingerprint density at radius 3 is 2.70 bits per heavy atom. The van der Waals surface area contributed by atoms with Crippen molar-refractivity contribution in [3.05, 3.63) is 54.2 Å². The average molecular weight is 466 g/mol. The zero-order valence-electron chi connectivity index (χ0n) is 18.8. The third kappa shape index (κ3) is 5.42. The van der Waals surface area contributed by atoms with Gasteiger partial charge in [-0.1, -0.05) is 35.5 Å². The number of hydrogen-bond donors (Lipinski definition) is 0. The maximum absolute atomic E-state index is 12.9. The fourth-order valence-electron chi connectivity index (χ4n) is 3.82. The van der Waals surface area contributed by atoms with Gasteiger partial charge in [-0.05, 0) is 51.0 Å². The van der Waals surface area contributed by atoms with Crippen LogP contribution >= 0.6 is 11.8 Å². The Kier molecular flexibility index (Phi) is 7.39. The second-order valence-corrected chi connectivity index (χ2v) is 8.85. The van der Waals surface area contributed by atoms with Crippen molar-refractivity contribution in [3.8, 4) is 17.2 Å². The zero-order chi connectivity index (χ0) is 23.2. The fourth-order valence-corrected chi connectivity index (χ4v) is 4.68. The lowest BCUT2D eigenvalue weighted by molar-refractivity contribution is -0.151. The molecule has 0 spiro atoms. The van der Waals surface area contributed by atoms with E-state index in [0.717, 1.165) is 24.1 Å². The molecule has 3 heterocycles. The number of aryl methyl sites for hydroxylation is 1. The van der Waals surface area contributed by atoms with Crippen LogP contribution in [0.25, 0.3) is 17.2 Å². The topological polar surface area (TPSA) is 90.2 Å². The van der Waals surface area contributed by atoms with Crippen LogP contribution < -0.4 is 0 Å². The first-order valence-electron chi connectivity index (χ1n) is 11.1. The minimum absolute atomic E-state index is 0.0214. The molecular formula is C24H27N5O3S. The van der Waals surface area contributed by atoms with Gasteiger partial charge in [0.05, 0.1) is 18.3 Å². The number of amides is 1. The molecule has 4 rings (SSSR count). The van der Waals surface area contributed by atoms with Gasteiger partial charge in [0.2, 0.25) is 5.91 Å². The number of nitrogens with zero attached hydrogens (tertiary/aromatic N) is 5. The van der Waals surface area contributed by atoms with E-state index in [1.807, 2.05) is 54.0 Å². The van der Waals surface area contributed by atoms with Crippen molar-refractivity contribution in [2.45, 2.75) is 31.8 Å². The molecule has 3 aromatic rings. The summed E-state index contributed by atoms with van der Waals surface area (Å²) in [5.74, 6) is 0.338. The Labute approximate surface area is 197 Å². The van der Waals surface area contributed by atoms with Gasteiger partial charge in [0.15, 0.2) is 11.0 Å². The van der Waals surface area contributed by atoms with Crippen molar-refractivity contribution in [2.75, 3.05) is 25.4 Å². The van der Waals surface area contributed by atoms with Gasteiger partial charge in [0.25, 0.3) is 0 Å². The highest BCUT2D eigenvalue weighted by molar-refractivity contribution is 7.99. The molecule has 1 fully saturated rings. The quantitative estimate of drug-likeness (QED) is 0.389. The van der Waals surface area contributed by atoms with Gasteiger partial charge in [-0.2, -0.15) is 0 Å². The van der Waals surface area contributed by atoms with Crippen molar-refractivity contribution < 1.29 is 14.3 Å². The second kappa shape index (κ2) is 10.6. The van der Waals surface area contributed by atoms with E-state index in [4.69, 9.17) is 4.74 Å². The zero-order valence-corrected chi connectivity index (χ0v) is 19.6. The van der Waals surface area contributed by atoms with Crippen LogP contribution in [-0.2, 0) is 14.3 Å². The molecule has 33 heavy (non-hydrogen) atoms. The number of aromatic nitrogens is 4. The van der Waals surface area contributed by atoms with Crippen LogP contribution in [0.4, 0.5) is 0 Å². The molecule has 8 nitrogen and oxygen atoms in total. The summed E-state index contributed by atoms with van der Waals surface area (Å²) in [5.41, 5.74) is 2.76. The molecule has 0 unspecified atom stereocenters. The van der Waals surface area contributed by atoms with E-state index >= 15 is 0 Å². The van der Waals surface area contributed by atoms with E-state index in [-0.39, 0.29) is 23.5 Å². The van der Waals surface area contributed by atoms with E-state index in [1.54, 1.807) is 18.0 Å². The van der Waals surface area contributed by atoms with Crippen molar-refractivity contribution in [2.24, 2.45) is 5.92 Å². The molecule has 9 heteroatoms. The molecule has 2 aromatic heterocycles. The summed E-state index contributed by atoms with van der Waals surface area (Å²) < 4.78 is 7.07. The molecule has 172 valence electrons. The fraction of sp³-hybridized carbons (Fsp3) is 0.375. The molecule has 0 aliphatic carbocycles. The maximum Gasteiger partial charge on any atom is 0.310 e. The van der Waals surface area contributed by atoms with E-state index in [0.29, 0.717) is 36.4 Å². The van der Waals surface area contributed by atoms with Gasteiger partial charge in [-0.25, -0.2) is 0 Å².